The van der Waals surface area contributed by atoms with E-state index >= 15 is 0 Å². The average molecular weight is 497 g/mol. The van der Waals surface area contributed by atoms with Gasteiger partial charge in [0.1, 0.15) is 11.6 Å². The van der Waals surface area contributed by atoms with Gasteiger partial charge in [-0.1, -0.05) is 67.8 Å². The normalized spacial score (nSPS) is 14.2. The number of unbranched alkanes of at least 4 members (excludes halogenated alkanes) is 2. The maximum atomic E-state index is 12.8. The summed E-state index contributed by atoms with van der Waals surface area (Å²) in [6.07, 6.45) is 7.32. The summed E-state index contributed by atoms with van der Waals surface area (Å²) in [4.78, 5) is 27.2. The van der Waals surface area contributed by atoms with Crippen molar-refractivity contribution in [1.29, 1.82) is 0 Å². The SMILES string of the molecule is CCCCCC(=O)N1CCCN(c2nc(Cc3ccc(C)cc3)nc3c2cnn3-c2ccccc2)CC1. The fraction of sp³-hybridized carbons (Fsp3) is 0.400. The number of para-hydroxylation sites is 1. The summed E-state index contributed by atoms with van der Waals surface area (Å²) in [5.74, 6) is 1.97. The Morgan fingerprint density at radius 1 is 0.919 bits per heavy atom. The number of aryl methyl sites for hydroxylation is 1. The van der Waals surface area contributed by atoms with Crippen LogP contribution in [0.4, 0.5) is 5.82 Å². The van der Waals surface area contributed by atoms with Crippen LogP contribution in [0.1, 0.15) is 56.0 Å². The number of anilines is 1. The zero-order valence-corrected chi connectivity index (χ0v) is 21.9. The van der Waals surface area contributed by atoms with Gasteiger partial charge in [0.15, 0.2) is 5.65 Å². The lowest BCUT2D eigenvalue weighted by Gasteiger charge is -2.24. The molecule has 0 saturated carbocycles. The number of carbonyl (C=O) groups is 1. The number of fused-ring (bicyclic) bond motifs is 1. The van der Waals surface area contributed by atoms with E-state index in [0.717, 1.165) is 80.2 Å². The Kier molecular flexibility index (Phi) is 7.78. The van der Waals surface area contributed by atoms with Crippen LogP contribution >= 0.6 is 0 Å². The maximum Gasteiger partial charge on any atom is 0.222 e. The molecule has 5 rings (SSSR count). The van der Waals surface area contributed by atoms with Gasteiger partial charge in [0, 0.05) is 39.0 Å². The molecule has 0 unspecified atom stereocenters. The van der Waals surface area contributed by atoms with E-state index in [0.29, 0.717) is 12.8 Å². The molecule has 0 bridgehead atoms. The highest BCUT2D eigenvalue weighted by Gasteiger charge is 2.23. The Morgan fingerprint density at radius 2 is 1.73 bits per heavy atom. The van der Waals surface area contributed by atoms with Gasteiger partial charge in [0.25, 0.3) is 0 Å². The van der Waals surface area contributed by atoms with Gasteiger partial charge in [-0.15, -0.1) is 0 Å². The van der Waals surface area contributed by atoms with Crippen LogP contribution in [0, 0.1) is 6.92 Å². The molecule has 7 nitrogen and oxygen atoms in total. The molecule has 0 N–H and O–H groups in total. The van der Waals surface area contributed by atoms with Crippen LogP contribution < -0.4 is 4.90 Å². The molecule has 1 aliphatic rings. The first-order chi connectivity index (χ1) is 18.1. The van der Waals surface area contributed by atoms with Crippen LogP contribution in [0.5, 0.6) is 0 Å². The lowest BCUT2D eigenvalue weighted by atomic mass is 10.1. The second-order valence-electron chi connectivity index (χ2n) is 9.93. The van der Waals surface area contributed by atoms with Crippen molar-refractivity contribution < 1.29 is 4.79 Å². The van der Waals surface area contributed by atoms with Gasteiger partial charge in [-0.05, 0) is 37.5 Å². The minimum absolute atomic E-state index is 0.278. The number of aromatic nitrogens is 4. The van der Waals surface area contributed by atoms with Crippen LogP contribution in [0.25, 0.3) is 16.7 Å². The molecule has 1 amide bonds. The Morgan fingerprint density at radius 3 is 2.51 bits per heavy atom. The molecule has 7 heteroatoms. The van der Waals surface area contributed by atoms with Crippen LogP contribution in [0.2, 0.25) is 0 Å². The van der Waals surface area contributed by atoms with Crippen LogP contribution in [0.3, 0.4) is 0 Å². The lowest BCUT2D eigenvalue weighted by Crippen LogP contribution is -2.35. The summed E-state index contributed by atoms with van der Waals surface area (Å²) < 4.78 is 1.90. The van der Waals surface area contributed by atoms with Gasteiger partial charge >= 0.3 is 0 Å². The largest absolute Gasteiger partial charge is 0.354 e. The summed E-state index contributed by atoms with van der Waals surface area (Å²) in [5.41, 5.74) is 4.21. The van der Waals surface area contributed by atoms with Crippen LogP contribution in [-0.2, 0) is 11.2 Å². The smallest absolute Gasteiger partial charge is 0.222 e. The quantitative estimate of drug-likeness (QED) is 0.308. The van der Waals surface area contributed by atoms with E-state index in [1.807, 2.05) is 46.1 Å². The molecule has 0 aliphatic carbocycles. The van der Waals surface area contributed by atoms with Crippen molar-refractivity contribution in [3.63, 3.8) is 0 Å². The first-order valence-corrected chi connectivity index (χ1v) is 13.5. The number of rotatable bonds is 8. The number of hydrogen-bond donors (Lipinski definition) is 0. The summed E-state index contributed by atoms with van der Waals surface area (Å²) in [7, 11) is 0. The molecule has 192 valence electrons. The third-order valence-corrected chi connectivity index (χ3v) is 7.08. The van der Waals surface area contributed by atoms with Gasteiger partial charge in [-0.25, -0.2) is 14.6 Å². The van der Waals surface area contributed by atoms with Gasteiger partial charge in [0.05, 0.1) is 17.3 Å². The number of carbonyl (C=O) groups excluding carboxylic acids is 1. The van der Waals surface area contributed by atoms with E-state index in [2.05, 4.69) is 43.0 Å². The van der Waals surface area contributed by atoms with Crippen LogP contribution in [0.15, 0.2) is 60.8 Å². The van der Waals surface area contributed by atoms with Crippen molar-refractivity contribution in [3.8, 4) is 5.69 Å². The predicted molar refractivity (Wildman–Crippen MR) is 148 cm³/mol. The third-order valence-electron chi connectivity index (χ3n) is 7.08. The van der Waals surface area contributed by atoms with Crippen molar-refractivity contribution in [2.75, 3.05) is 31.1 Å². The molecule has 0 radical (unpaired) electrons. The van der Waals surface area contributed by atoms with Crippen molar-refractivity contribution in [3.05, 3.63) is 77.7 Å². The summed E-state index contributed by atoms with van der Waals surface area (Å²) in [6, 6.07) is 18.7. The topological polar surface area (TPSA) is 67.2 Å². The molecule has 0 atom stereocenters. The minimum Gasteiger partial charge on any atom is -0.354 e. The van der Waals surface area contributed by atoms with E-state index in [9.17, 15) is 4.79 Å². The molecule has 0 spiro atoms. The number of benzene rings is 2. The van der Waals surface area contributed by atoms with Crippen molar-refractivity contribution in [1.82, 2.24) is 24.6 Å². The maximum absolute atomic E-state index is 12.8. The Bertz CT molecular complexity index is 1330. The summed E-state index contributed by atoms with van der Waals surface area (Å²) in [5, 5.41) is 5.66. The molecular weight excluding hydrogens is 460 g/mol. The molecule has 2 aromatic carbocycles. The highest BCUT2D eigenvalue weighted by atomic mass is 16.2. The molecule has 1 aliphatic heterocycles. The molecule has 3 heterocycles. The molecule has 1 fully saturated rings. The molecule has 1 saturated heterocycles. The Balaban J connectivity index is 1.47. The summed E-state index contributed by atoms with van der Waals surface area (Å²) in [6.45, 7) is 7.40. The fourth-order valence-electron chi connectivity index (χ4n) is 4.97. The molecule has 4 aromatic rings. The van der Waals surface area contributed by atoms with E-state index < -0.39 is 0 Å². The fourth-order valence-corrected chi connectivity index (χ4v) is 4.97. The van der Waals surface area contributed by atoms with E-state index in [4.69, 9.17) is 15.1 Å². The van der Waals surface area contributed by atoms with E-state index in [1.54, 1.807) is 0 Å². The minimum atomic E-state index is 0.278. The number of amides is 1. The summed E-state index contributed by atoms with van der Waals surface area (Å²) >= 11 is 0. The molecular formula is C30H36N6O. The first-order valence-electron chi connectivity index (χ1n) is 13.5. The van der Waals surface area contributed by atoms with Gasteiger partial charge in [-0.2, -0.15) is 5.10 Å². The second kappa shape index (κ2) is 11.5. The van der Waals surface area contributed by atoms with E-state index in [-0.39, 0.29) is 5.91 Å². The number of hydrogen-bond acceptors (Lipinski definition) is 5. The van der Waals surface area contributed by atoms with E-state index in [1.165, 1.54) is 11.1 Å². The van der Waals surface area contributed by atoms with Crippen LogP contribution in [-0.4, -0.2) is 56.7 Å². The van der Waals surface area contributed by atoms with Crippen molar-refractivity contribution in [2.24, 2.45) is 0 Å². The second-order valence-corrected chi connectivity index (χ2v) is 9.93. The highest BCUT2D eigenvalue weighted by molar-refractivity contribution is 5.88. The first kappa shape index (κ1) is 24.9. The van der Waals surface area contributed by atoms with Gasteiger partial charge in [-0.3, -0.25) is 4.79 Å². The highest BCUT2D eigenvalue weighted by Crippen LogP contribution is 2.27. The zero-order valence-electron chi connectivity index (χ0n) is 21.9. The molecule has 2 aromatic heterocycles. The van der Waals surface area contributed by atoms with Crippen molar-refractivity contribution >= 4 is 22.8 Å². The van der Waals surface area contributed by atoms with Gasteiger partial charge in [0.2, 0.25) is 5.91 Å². The zero-order chi connectivity index (χ0) is 25.6. The Hall–Kier alpha value is -3.74. The third kappa shape index (κ3) is 5.82. The molecule has 37 heavy (non-hydrogen) atoms. The van der Waals surface area contributed by atoms with Gasteiger partial charge < -0.3 is 9.80 Å². The Labute approximate surface area is 219 Å². The van der Waals surface area contributed by atoms with Crippen molar-refractivity contribution in [2.45, 2.75) is 52.4 Å². The lowest BCUT2D eigenvalue weighted by molar-refractivity contribution is -0.131. The number of nitrogens with zero attached hydrogens (tertiary/aromatic N) is 6. The monoisotopic (exact) mass is 496 g/mol. The predicted octanol–water partition coefficient (Wildman–Crippen LogP) is 5.33. The average Bonchev–Trinajstić information content (AvgIpc) is 3.18. The standard InChI is InChI=1S/C30H36N6O/c1-3-4-6-12-28(37)34-17-9-18-35(20-19-34)29-26-22-31-36(25-10-7-5-8-11-25)30(26)33-27(32-29)21-24-15-13-23(2)14-16-24/h5,7-8,10-11,13-16,22H,3-4,6,9,12,17-21H2,1-2H3.